The van der Waals surface area contributed by atoms with Crippen molar-refractivity contribution < 1.29 is 19.1 Å². The van der Waals surface area contributed by atoms with Crippen molar-refractivity contribution in [1.29, 1.82) is 0 Å². The maximum Gasteiger partial charge on any atom is 0.335 e. The summed E-state index contributed by atoms with van der Waals surface area (Å²) in [6.07, 6.45) is 1.41. The normalized spacial score (nSPS) is 15.1. The summed E-state index contributed by atoms with van der Waals surface area (Å²) in [5.74, 6) is -0.975. The smallest absolute Gasteiger partial charge is 0.335 e. The van der Waals surface area contributed by atoms with E-state index in [4.69, 9.17) is 16.3 Å². The van der Waals surface area contributed by atoms with Gasteiger partial charge in [-0.3, -0.25) is 14.9 Å². The number of imide groups is 2. The highest BCUT2D eigenvalue weighted by Gasteiger charge is 2.37. The van der Waals surface area contributed by atoms with Gasteiger partial charge in [0.2, 0.25) is 0 Å². The van der Waals surface area contributed by atoms with Gasteiger partial charge in [-0.2, -0.15) is 0 Å². The number of carbonyl (C=O) groups is 3. The van der Waals surface area contributed by atoms with Crippen LogP contribution in [0.5, 0.6) is 5.75 Å². The van der Waals surface area contributed by atoms with Gasteiger partial charge in [0.1, 0.15) is 17.9 Å². The van der Waals surface area contributed by atoms with E-state index in [0.29, 0.717) is 28.6 Å². The average Bonchev–Trinajstić information content (AvgIpc) is 2.78. The summed E-state index contributed by atoms with van der Waals surface area (Å²) in [6.45, 7) is 4.08. The molecule has 1 heterocycles. The molecule has 7 heteroatoms. The van der Waals surface area contributed by atoms with Crippen molar-refractivity contribution in [3.05, 3.63) is 99.6 Å². The van der Waals surface area contributed by atoms with Crippen LogP contribution >= 0.6 is 11.6 Å². The monoisotopic (exact) mass is 460 g/mol. The second-order valence-corrected chi connectivity index (χ2v) is 8.12. The Morgan fingerprint density at radius 3 is 2.42 bits per heavy atom. The Bertz CT molecular complexity index is 1280. The molecule has 3 aromatic carbocycles. The molecule has 166 valence electrons. The van der Waals surface area contributed by atoms with Crippen molar-refractivity contribution in [2.75, 3.05) is 4.90 Å². The molecule has 4 amide bonds. The Morgan fingerprint density at radius 1 is 0.970 bits per heavy atom. The standard InChI is InChI=1S/C26H21ClN2O4/c1-16-8-10-22(17(2)12-16)29-25(31)20(24(30)28-26(29)32)13-19-9-11-23(21(27)14-19)33-15-18-6-4-3-5-7-18/h3-14H,15H2,1-2H3,(H,28,30,32)/b20-13+. The minimum absolute atomic E-state index is 0.163. The van der Waals surface area contributed by atoms with Crippen LogP contribution in [0.15, 0.2) is 72.3 Å². The first-order valence-electron chi connectivity index (χ1n) is 10.3. The van der Waals surface area contributed by atoms with Gasteiger partial charge >= 0.3 is 6.03 Å². The Morgan fingerprint density at radius 2 is 1.73 bits per heavy atom. The van der Waals surface area contributed by atoms with Gasteiger partial charge in [0.25, 0.3) is 11.8 Å². The minimum atomic E-state index is -0.781. The summed E-state index contributed by atoms with van der Waals surface area (Å²) in [4.78, 5) is 39.0. The molecule has 0 radical (unpaired) electrons. The molecule has 1 fully saturated rings. The zero-order chi connectivity index (χ0) is 23.5. The first-order valence-corrected chi connectivity index (χ1v) is 10.7. The van der Waals surface area contributed by atoms with Gasteiger partial charge in [-0.1, -0.05) is 65.7 Å². The van der Waals surface area contributed by atoms with E-state index < -0.39 is 17.8 Å². The number of hydrogen-bond donors (Lipinski definition) is 1. The molecule has 0 unspecified atom stereocenters. The Balaban J connectivity index is 1.59. The fraction of sp³-hybridized carbons (Fsp3) is 0.115. The van der Waals surface area contributed by atoms with Crippen LogP contribution in [0.2, 0.25) is 5.02 Å². The molecule has 1 aliphatic heterocycles. The number of aryl methyl sites for hydroxylation is 2. The molecular weight excluding hydrogens is 440 g/mol. The fourth-order valence-corrected chi connectivity index (χ4v) is 3.80. The lowest BCUT2D eigenvalue weighted by Gasteiger charge is -2.27. The van der Waals surface area contributed by atoms with E-state index in [9.17, 15) is 14.4 Å². The van der Waals surface area contributed by atoms with Crippen LogP contribution < -0.4 is 15.0 Å². The number of carbonyl (C=O) groups excluding carboxylic acids is 3. The van der Waals surface area contributed by atoms with Crippen molar-refractivity contribution in [1.82, 2.24) is 5.32 Å². The van der Waals surface area contributed by atoms with Crippen LogP contribution in [-0.4, -0.2) is 17.8 Å². The minimum Gasteiger partial charge on any atom is -0.487 e. The van der Waals surface area contributed by atoms with Crippen LogP contribution in [0, 0.1) is 13.8 Å². The van der Waals surface area contributed by atoms with E-state index in [1.807, 2.05) is 43.3 Å². The number of halogens is 1. The molecule has 0 aromatic heterocycles. The topological polar surface area (TPSA) is 75.7 Å². The number of benzene rings is 3. The molecule has 4 rings (SSSR count). The number of anilines is 1. The summed E-state index contributed by atoms with van der Waals surface area (Å²) < 4.78 is 5.77. The molecule has 0 atom stereocenters. The number of urea groups is 1. The quantitative estimate of drug-likeness (QED) is 0.419. The molecule has 0 spiro atoms. The van der Waals surface area contributed by atoms with Crippen molar-refractivity contribution in [3.63, 3.8) is 0 Å². The number of hydrogen-bond acceptors (Lipinski definition) is 4. The van der Waals surface area contributed by atoms with Gasteiger partial charge in [-0.15, -0.1) is 0 Å². The van der Waals surface area contributed by atoms with E-state index in [1.165, 1.54) is 6.08 Å². The SMILES string of the molecule is Cc1ccc(N2C(=O)NC(=O)/C(=C\c3ccc(OCc4ccccc4)c(Cl)c3)C2=O)c(C)c1. The zero-order valence-corrected chi connectivity index (χ0v) is 18.8. The van der Waals surface area contributed by atoms with Crippen molar-refractivity contribution in [3.8, 4) is 5.75 Å². The number of ether oxygens (including phenoxy) is 1. The van der Waals surface area contributed by atoms with Gasteiger partial charge in [0, 0.05) is 0 Å². The van der Waals surface area contributed by atoms with E-state index in [-0.39, 0.29) is 5.57 Å². The summed E-state index contributed by atoms with van der Waals surface area (Å²) in [5, 5.41) is 2.58. The number of nitrogens with one attached hydrogen (secondary N) is 1. The van der Waals surface area contributed by atoms with E-state index >= 15 is 0 Å². The number of rotatable bonds is 5. The van der Waals surface area contributed by atoms with Crippen molar-refractivity contribution in [2.45, 2.75) is 20.5 Å². The van der Waals surface area contributed by atoms with E-state index in [2.05, 4.69) is 5.32 Å². The van der Waals surface area contributed by atoms with Crippen LogP contribution in [0.1, 0.15) is 22.3 Å². The maximum atomic E-state index is 13.1. The maximum absolute atomic E-state index is 13.1. The summed E-state index contributed by atoms with van der Waals surface area (Å²) >= 11 is 6.37. The largest absolute Gasteiger partial charge is 0.487 e. The third-order valence-electron chi connectivity index (χ3n) is 5.20. The third kappa shape index (κ3) is 4.81. The van der Waals surface area contributed by atoms with Crippen LogP contribution in [-0.2, 0) is 16.2 Å². The van der Waals surface area contributed by atoms with Gasteiger partial charge in [-0.05, 0) is 54.8 Å². The first-order chi connectivity index (χ1) is 15.8. The first kappa shape index (κ1) is 22.3. The Labute approximate surface area is 196 Å². The average molecular weight is 461 g/mol. The van der Waals surface area contributed by atoms with Gasteiger partial charge < -0.3 is 4.74 Å². The predicted octanol–water partition coefficient (Wildman–Crippen LogP) is 5.20. The molecule has 0 aliphatic carbocycles. The van der Waals surface area contributed by atoms with Crippen molar-refractivity contribution in [2.24, 2.45) is 0 Å². The number of barbiturate groups is 1. The van der Waals surface area contributed by atoms with E-state index in [1.54, 1.807) is 37.3 Å². The van der Waals surface area contributed by atoms with Gasteiger partial charge in [-0.25, -0.2) is 9.69 Å². The highest BCUT2D eigenvalue weighted by Crippen LogP contribution is 2.29. The number of nitrogens with zero attached hydrogens (tertiary/aromatic N) is 1. The highest BCUT2D eigenvalue weighted by atomic mass is 35.5. The summed E-state index contributed by atoms with van der Waals surface area (Å²) in [6, 6.07) is 19.2. The lowest BCUT2D eigenvalue weighted by atomic mass is 10.0. The lowest BCUT2D eigenvalue weighted by Crippen LogP contribution is -2.54. The third-order valence-corrected chi connectivity index (χ3v) is 5.49. The highest BCUT2D eigenvalue weighted by molar-refractivity contribution is 6.39. The second-order valence-electron chi connectivity index (χ2n) is 7.71. The molecule has 1 aliphatic rings. The molecule has 1 saturated heterocycles. The summed E-state index contributed by atoms with van der Waals surface area (Å²) in [5.41, 5.74) is 3.53. The molecule has 0 saturated carbocycles. The Hall–Kier alpha value is -3.90. The Kier molecular flexibility index (Phi) is 6.29. The van der Waals surface area contributed by atoms with Crippen molar-refractivity contribution >= 4 is 41.2 Å². The molecule has 33 heavy (non-hydrogen) atoms. The second kappa shape index (κ2) is 9.30. The lowest BCUT2D eigenvalue weighted by molar-refractivity contribution is -0.122. The van der Waals surface area contributed by atoms with Gasteiger partial charge in [0.15, 0.2) is 0 Å². The van der Waals surface area contributed by atoms with Crippen LogP contribution in [0.4, 0.5) is 10.5 Å². The predicted molar refractivity (Wildman–Crippen MR) is 127 cm³/mol. The molecular formula is C26H21ClN2O4. The van der Waals surface area contributed by atoms with Crippen LogP contribution in [0.3, 0.4) is 0 Å². The van der Waals surface area contributed by atoms with E-state index in [0.717, 1.165) is 21.6 Å². The molecule has 3 aromatic rings. The molecule has 1 N–H and O–H groups in total. The molecule has 0 bridgehead atoms. The van der Waals surface area contributed by atoms with Crippen LogP contribution in [0.25, 0.3) is 6.08 Å². The molecule has 6 nitrogen and oxygen atoms in total. The fourth-order valence-electron chi connectivity index (χ4n) is 3.56. The van der Waals surface area contributed by atoms with Gasteiger partial charge in [0.05, 0.1) is 10.7 Å². The number of amides is 4. The zero-order valence-electron chi connectivity index (χ0n) is 18.1. The summed E-state index contributed by atoms with van der Waals surface area (Å²) in [7, 11) is 0.